The second-order valence-corrected chi connectivity index (χ2v) is 12.4. The molecule has 0 radical (unpaired) electrons. The number of likely N-dealkylation sites (tertiary alicyclic amines) is 3. The standard InChI is InChI=1S/C24H30N6O4S/c1-35(27,33)34-17-3-4-18-13(7-17)2-5-20(18)30-16-9-22(24(30)32)28(11-16)12-19(26)23(31)29-15(10-25)6-14-8-21(14)29/h3-4,7,14-16,19-22,27H,2,5-6,8-9,11-12,26H2,1H3/t14-,15+,16?,19+,20-,21+,22-,35?/m1/s1. The van der Waals surface area contributed by atoms with Crippen LogP contribution in [0.1, 0.15) is 42.9 Å². The number of hydrogen-bond donors (Lipinski definition) is 2. The summed E-state index contributed by atoms with van der Waals surface area (Å²) < 4.78 is 24.4. The van der Waals surface area contributed by atoms with E-state index in [2.05, 4.69) is 6.07 Å². The highest BCUT2D eigenvalue weighted by Gasteiger charge is 2.56. The molecule has 5 aliphatic rings. The summed E-state index contributed by atoms with van der Waals surface area (Å²) in [5.74, 6) is 0.782. The van der Waals surface area contributed by atoms with Crippen LogP contribution in [-0.4, -0.2) is 80.3 Å². The van der Waals surface area contributed by atoms with Crippen LogP contribution in [0.4, 0.5) is 0 Å². The van der Waals surface area contributed by atoms with Crippen LogP contribution in [0.2, 0.25) is 0 Å². The molecule has 2 amide bonds. The number of nitrogens with one attached hydrogen (secondary N) is 1. The Morgan fingerprint density at radius 1 is 1.34 bits per heavy atom. The van der Waals surface area contributed by atoms with Gasteiger partial charge in [-0.25, -0.2) is 8.99 Å². The minimum Gasteiger partial charge on any atom is -0.396 e. The topological polar surface area (TPSA) is 144 Å². The summed E-state index contributed by atoms with van der Waals surface area (Å²) >= 11 is 0. The van der Waals surface area contributed by atoms with Gasteiger partial charge in [-0.05, 0) is 61.3 Å². The number of aryl methyl sites for hydroxylation is 1. The molecular formula is C24H30N6O4S. The van der Waals surface area contributed by atoms with Gasteiger partial charge in [0.2, 0.25) is 11.8 Å². The number of piperazine rings is 1. The molecule has 2 bridgehead atoms. The molecule has 8 atom stereocenters. The van der Waals surface area contributed by atoms with E-state index < -0.39 is 16.1 Å². The van der Waals surface area contributed by atoms with Crippen molar-refractivity contribution in [1.29, 1.82) is 10.0 Å². The molecular weight excluding hydrogens is 468 g/mol. The van der Waals surface area contributed by atoms with E-state index >= 15 is 0 Å². The Kier molecular flexibility index (Phi) is 5.15. The van der Waals surface area contributed by atoms with Crippen LogP contribution in [0.5, 0.6) is 5.75 Å². The highest BCUT2D eigenvalue weighted by Crippen LogP contribution is 2.48. The number of fused-ring (bicyclic) bond motifs is 4. The van der Waals surface area contributed by atoms with Crippen LogP contribution in [0.25, 0.3) is 0 Å². The molecule has 6 rings (SSSR count). The molecule has 2 aliphatic carbocycles. The van der Waals surface area contributed by atoms with E-state index in [9.17, 15) is 19.1 Å². The van der Waals surface area contributed by atoms with Gasteiger partial charge < -0.3 is 19.7 Å². The Bertz CT molecular complexity index is 1240. The lowest BCUT2D eigenvalue weighted by atomic mass is 10.1. The summed E-state index contributed by atoms with van der Waals surface area (Å²) in [5, 5.41) is 9.40. The maximum Gasteiger partial charge on any atom is 0.242 e. The number of carbonyl (C=O) groups excluding carboxylic acids is 2. The fraction of sp³-hybridized carbons (Fsp3) is 0.625. The zero-order chi connectivity index (χ0) is 24.6. The number of piperidine rings is 1. The Hall–Kier alpha value is -2.68. The van der Waals surface area contributed by atoms with Crippen molar-refractivity contribution < 1.29 is 18.0 Å². The van der Waals surface area contributed by atoms with E-state index in [4.69, 9.17) is 14.7 Å². The molecule has 1 aromatic rings. The van der Waals surface area contributed by atoms with Gasteiger partial charge in [-0.2, -0.15) is 5.26 Å². The van der Waals surface area contributed by atoms with Crippen molar-refractivity contribution in [3.05, 3.63) is 29.3 Å². The molecule has 3 aliphatic heterocycles. The van der Waals surface area contributed by atoms with Crippen LogP contribution in [0.15, 0.2) is 18.2 Å². The highest BCUT2D eigenvalue weighted by molar-refractivity contribution is 7.87. The first-order valence-corrected chi connectivity index (χ1v) is 14.1. The van der Waals surface area contributed by atoms with E-state index in [0.717, 1.165) is 43.2 Å². The first-order valence-electron chi connectivity index (χ1n) is 12.2. The molecule has 3 heterocycles. The number of benzene rings is 1. The van der Waals surface area contributed by atoms with Gasteiger partial charge in [0, 0.05) is 25.2 Å². The molecule has 10 nitrogen and oxygen atoms in total. The Morgan fingerprint density at radius 2 is 2.14 bits per heavy atom. The fourth-order valence-electron chi connectivity index (χ4n) is 6.81. The molecule has 35 heavy (non-hydrogen) atoms. The number of nitrogens with two attached hydrogens (primary N) is 1. The summed E-state index contributed by atoms with van der Waals surface area (Å²) in [4.78, 5) is 32.2. The third-order valence-corrected chi connectivity index (χ3v) is 8.83. The molecule has 2 unspecified atom stereocenters. The van der Waals surface area contributed by atoms with Gasteiger partial charge in [-0.15, -0.1) is 0 Å². The van der Waals surface area contributed by atoms with E-state index in [-0.39, 0.29) is 42.0 Å². The minimum atomic E-state index is -3.10. The number of carbonyl (C=O) groups is 2. The molecule has 0 spiro atoms. The van der Waals surface area contributed by atoms with Crippen molar-refractivity contribution in [2.24, 2.45) is 11.7 Å². The predicted octanol–water partition coefficient (Wildman–Crippen LogP) is 0.770. The lowest BCUT2D eigenvalue weighted by Crippen LogP contribution is -2.57. The largest absolute Gasteiger partial charge is 0.396 e. The second-order valence-electron chi connectivity index (χ2n) is 10.7. The van der Waals surface area contributed by atoms with E-state index in [1.165, 1.54) is 6.26 Å². The van der Waals surface area contributed by atoms with Gasteiger partial charge in [-0.1, -0.05) is 6.07 Å². The van der Waals surface area contributed by atoms with E-state index in [1.807, 2.05) is 21.9 Å². The van der Waals surface area contributed by atoms with Gasteiger partial charge in [0.25, 0.3) is 0 Å². The number of nitrogens with zero attached hydrogens (tertiary/aromatic N) is 4. The summed E-state index contributed by atoms with van der Waals surface area (Å²) in [6.45, 7) is 1.02. The van der Waals surface area contributed by atoms with Crippen molar-refractivity contribution in [3.63, 3.8) is 0 Å². The average molecular weight is 499 g/mol. The van der Waals surface area contributed by atoms with Crippen molar-refractivity contribution in [1.82, 2.24) is 14.7 Å². The minimum absolute atomic E-state index is 0.00576. The van der Waals surface area contributed by atoms with Crippen molar-refractivity contribution in [2.45, 2.75) is 68.4 Å². The molecule has 1 saturated carbocycles. The molecule has 1 aromatic carbocycles. The summed E-state index contributed by atoms with van der Waals surface area (Å²) in [6.07, 6.45) is 5.31. The zero-order valence-corrected chi connectivity index (χ0v) is 20.4. The Balaban J connectivity index is 1.12. The van der Waals surface area contributed by atoms with Crippen LogP contribution in [0, 0.1) is 22.0 Å². The second kappa shape index (κ2) is 7.91. The number of amides is 2. The number of rotatable bonds is 6. The van der Waals surface area contributed by atoms with E-state index in [0.29, 0.717) is 24.8 Å². The summed E-state index contributed by atoms with van der Waals surface area (Å²) in [5.41, 5.74) is 8.46. The normalized spacial score (nSPS) is 35.4. The van der Waals surface area contributed by atoms with Crippen molar-refractivity contribution >= 4 is 21.8 Å². The van der Waals surface area contributed by atoms with Gasteiger partial charge >= 0.3 is 0 Å². The maximum absolute atomic E-state index is 13.4. The van der Waals surface area contributed by atoms with Gasteiger partial charge in [0.15, 0.2) is 10.0 Å². The van der Waals surface area contributed by atoms with Gasteiger partial charge in [-0.3, -0.25) is 14.5 Å². The first-order chi connectivity index (χ1) is 16.6. The highest BCUT2D eigenvalue weighted by atomic mass is 32.2. The zero-order valence-electron chi connectivity index (χ0n) is 19.6. The van der Waals surface area contributed by atoms with Crippen LogP contribution < -0.4 is 9.92 Å². The molecule has 4 fully saturated rings. The number of hydrogen-bond acceptors (Lipinski definition) is 8. The maximum atomic E-state index is 13.4. The summed E-state index contributed by atoms with van der Waals surface area (Å²) in [6, 6.07) is 6.59. The van der Waals surface area contributed by atoms with Crippen LogP contribution >= 0.6 is 0 Å². The Labute approximate surface area is 205 Å². The Morgan fingerprint density at radius 3 is 2.86 bits per heavy atom. The molecule has 186 valence electrons. The van der Waals surface area contributed by atoms with Crippen molar-refractivity contribution in [2.75, 3.05) is 19.3 Å². The van der Waals surface area contributed by atoms with Crippen LogP contribution in [-0.2, 0) is 26.0 Å². The quantitative estimate of drug-likeness (QED) is 0.589. The monoisotopic (exact) mass is 498 g/mol. The average Bonchev–Trinajstić information content (AvgIpc) is 3.13. The van der Waals surface area contributed by atoms with E-state index in [1.54, 1.807) is 11.0 Å². The smallest absolute Gasteiger partial charge is 0.242 e. The summed E-state index contributed by atoms with van der Waals surface area (Å²) in [7, 11) is -3.10. The SMILES string of the molecule is CS(=N)(=O)Oc1ccc2c(c1)CC[C@H]2N1C(=O)[C@H]2CC1CN2C[C@H](N)C(=O)N1[C@H](C#N)C[C@@H]2C[C@@H]21. The molecule has 3 saturated heterocycles. The van der Waals surface area contributed by atoms with Crippen molar-refractivity contribution in [3.8, 4) is 11.8 Å². The lowest BCUT2D eigenvalue weighted by molar-refractivity contribution is -0.141. The number of nitriles is 1. The first kappa shape index (κ1) is 22.8. The van der Waals surface area contributed by atoms with Gasteiger partial charge in [0.1, 0.15) is 11.8 Å². The lowest BCUT2D eigenvalue weighted by Gasteiger charge is -2.38. The predicted molar refractivity (Wildman–Crippen MR) is 126 cm³/mol. The van der Waals surface area contributed by atoms with Gasteiger partial charge in [0.05, 0.1) is 30.5 Å². The third-order valence-electron chi connectivity index (χ3n) is 8.32. The molecule has 0 aromatic heterocycles. The fourth-order valence-corrected chi connectivity index (χ4v) is 7.28. The third kappa shape index (κ3) is 3.79. The molecule has 11 heteroatoms. The molecule has 3 N–H and O–H groups in total. The van der Waals surface area contributed by atoms with Crippen LogP contribution in [0.3, 0.4) is 0 Å².